The Balaban J connectivity index is 4.69. The van der Waals surface area contributed by atoms with Crippen LogP contribution in [0.2, 0.25) is 0 Å². The Kier molecular flexibility index (Phi) is 5.60. The molecule has 0 aromatic carbocycles. The van der Waals surface area contributed by atoms with Gasteiger partial charge in [-0.25, -0.2) is 0 Å². The lowest BCUT2D eigenvalue weighted by Gasteiger charge is -2.24. The van der Waals surface area contributed by atoms with Crippen LogP contribution in [-0.4, -0.2) is 65.5 Å². The molecule has 0 aliphatic carbocycles. The van der Waals surface area contributed by atoms with E-state index in [4.69, 9.17) is 5.11 Å². The second kappa shape index (κ2) is 6.22. The number of carboxylic acid groups (broad SMARTS) is 1. The molecule has 0 spiro atoms. The molecule has 2 amide bonds. The SMILES string of the molecule is CC(=O)N(C)CC(=O)N(CC(=O)O)CC(F)(F)F. The fraction of sp³-hybridized carbons (Fsp3) is 0.667. The molecule has 0 rings (SSSR count). The number of amides is 2. The third-order valence-electron chi connectivity index (χ3n) is 1.96. The van der Waals surface area contributed by atoms with Crippen molar-refractivity contribution < 1.29 is 32.7 Å². The van der Waals surface area contributed by atoms with Crippen molar-refractivity contribution in [2.75, 3.05) is 26.7 Å². The smallest absolute Gasteiger partial charge is 0.406 e. The first-order chi connectivity index (χ1) is 8.03. The summed E-state index contributed by atoms with van der Waals surface area (Å²) >= 11 is 0. The van der Waals surface area contributed by atoms with Gasteiger partial charge in [0.2, 0.25) is 11.8 Å². The number of hydrogen-bond acceptors (Lipinski definition) is 3. The number of hydrogen-bond donors (Lipinski definition) is 1. The summed E-state index contributed by atoms with van der Waals surface area (Å²) in [5, 5.41) is 8.43. The molecule has 0 heterocycles. The number of nitrogens with zero attached hydrogens (tertiary/aromatic N) is 2. The lowest BCUT2D eigenvalue weighted by molar-refractivity contribution is -0.166. The monoisotopic (exact) mass is 270 g/mol. The molecule has 0 aromatic rings. The van der Waals surface area contributed by atoms with E-state index in [9.17, 15) is 27.6 Å². The standard InChI is InChI=1S/C9H13F3N2O4/c1-6(15)13(2)3-7(16)14(4-8(17)18)5-9(10,11)12/h3-5H2,1-2H3,(H,17,18). The van der Waals surface area contributed by atoms with E-state index in [-0.39, 0.29) is 4.90 Å². The van der Waals surface area contributed by atoms with Crippen LogP contribution in [-0.2, 0) is 14.4 Å². The molecule has 0 radical (unpaired) electrons. The van der Waals surface area contributed by atoms with Gasteiger partial charge in [0.15, 0.2) is 0 Å². The number of aliphatic carboxylic acids is 1. The van der Waals surface area contributed by atoms with E-state index in [1.807, 2.05) is 0 Å². The van der Waals surface area contributed by atoms with Crippen LogP contribution in [0.5, 0.6) is 0 Å². The number of halogens is 3. The van der Waals surface area contributed by atoms with Crippen molar-refractivity contribution in [2.45, 2.75) is 13.1 Å². The molecule has 0 fully saturated rings. The van der Waals surface area contributed by atoms with Crippen LogP contribution in [0.1, 0.15) is 6.92 Å². The van der Waals surface area contributed by atoms with E-state index >= 15 is 0 Å². The lowest BCUT2D eigenvalue weighted by Crippen LogP contribution is -2.46. The molecule has 0 aliphatic rings. The summed E-state index contributed by atoms with van der Waals surface area (Å²) in [6, 6.07) is 0. The highest BCUT2D eigenvalue weighted by Crippen LogP contribution is 2.16. The van der Waals surface area contributed by atoms with Crippen molar-refractivity contribution in [3.63, 3.8) is 0 Å². The molecule has 0 saturated heterocycles. The van der Waals surface area contributed by atoms with Gasteiger partial charge in [0.25, 0.3) is 0 Å². The maximum Gasteiger partial charge on any atom is 0.406 e. The predicted octanol–water partition coefficient (Wildman–Crippen LogP) is -0.0598. The van der Waals surface area contributed by atoms with Gasteiger partial charge in [0.1, 0.15) is 13.1 Å². The Hall–Kier alpha value is -1.80. The third-order valence-corrected chi connectivity index (χ3v) is 1.96. The molecule has 18 heavy (non-hydrogen) atoms. The van der Waals surface area contributed by atoms with Gasteiger partial charge in [-0.15, -0.1) is 0 Å². The van der Waals surface area contributed by atoms with Crippen molar-refractivity contribution in [3.8, 4) is 0 Å². The maximum absolute atomic E-state index is 12.1. The molecule has 0 saturated carbocycles. The lowest BCUT2D eigenvalue weighted by atomic mass is 10.4. The summed E-state index contributed by atoms with van der Waals surface area (Å²) in [6.45, 7) is -2.19. The zero-order chi connectivity index (χ0) is 14.5. The highest BCUT2D eigenvalue weighted by molar-refractivity contribution is 5.86. The average Bonchev–Trinajstić information content (AvgIpc) is 2.13. The number of likely N-dealkylation sites (N-methyl/N-ethyl adjacent to an activating group) is 1. The van der Waals surface area contributed by atoms with Crippen LogP contribution >= 0.6 is 0 Å². The second-order valence-electron chi connectivity index (χ2n) is 3.63. The summed E-state index contributed by atoms with van der Waals surface area (Å²) in [5.74, 6) is -3.14. The van der Waals surface area contributed by atoms with Crippen molar-refractivity contribution in [3.05, 3.63) is 0 Å². The van der Waals surface area contributed by atoms with Gasteiger partial charge in [-0.1, -0.05) is 0 Å². The molecule has 1 N–H and O–H groups in total. The normalized spacial score (nSPS) is 10.9. The molecular weight excluding hydrogens is 257 g/mol. The van der Waals surface area contributed by atoms with E-state index in [0.717, 1.165) is 11.8 Å². The van der Waals surface area contributed by atoms with E-state index < -0.39 is 43.6 Å². The largest absolute Gasteiger partial charge is 0.480 e. The number of alkyl halides is 3. The molecule has 6 nitrogen and oxygen atoms in total. The number of rotatable bonds is 5. The third kappa shape index (κ3) is 6.71. The number of carbonyl (C=O) groups is 3. The molecule has 0 aliphatic heterocycles. The Bertz CT molecular complexity index is 343. The fourth-order valence-corrected chi connectivity index (χ4v) is 1.03. The van der Waals surface area contributed by atoms with Crippen LogP contribution in [0.25, 0.3) is 0 Å². The topological polar surface area (TPSA) is 77.9 Å². The van der Waals surface area contributed by atoms with Crippen LogP contribution < -0.4 is 0 Å². The highest BCUT2D eigenvalue weighted by Gasteiger charge is 2.34. The minimum atomic E-state index is -4.69. The highest BCUT2D eigenvalue weighted by atomic mass is 19.4. The first-order valence-corrected chi connectivity index (χ1v) is 4.81. The first kappa shape index (κ1) is 16.2. The van der Waals surface area contributed by atoms with Crippen molar-refractivity contribution in [1.82, 2.24) is 9.80 Å². The van der Waals surface area contributed by atoms with E-state index in [1.54, 1.807) is 0 Å². The van der Waals surface area contributed by atoms with Crippen LogP contribution in [0, 0.1) is 0 Å². The van der Waals surface area contributed by atoms with E-state index in [2.05, 4.69) is 0 Å². The molecular formula is C9H13F3N2O4. The summed E-state index contributed by atoms with van der Waals surface area (Å²) in [4.78, 5) is 33.7. The Morgan fingerprint density at radius 1 is 1.17 bits per heavy atom. The molecule has 0 aromatic heterocycles. The van der Waals surface area contributed by atoms with E-state index in [1.165, 1.54) is 7.05 Å². The van der Waals surface area contributed by atoms with E-state index in [0.29, 0.717) is 0 Å². The van der Waals surface area contributed by atoms with Gasteiger partial charge in [0.05, 0.1) is 6.54 Å². The Morgan fingerprint density at radius 3 is 2.00 bits per heavy atom. The number of carboxylic acids is 1. The van der Waals surface area contributed by atoms with Gasteiger partial charge in [0, 0.05) is 14.0 Å². The first-order valence-electron chi connectivity index (χ1n) is 4.81. The number of carbonyl (C=O) groups excluding carboxylic acids is 2. The molecule has 0 atom stereocenters. The molecule has 0 bridgehead atoms. The van der Waals surface area contributed by atoms with Gasteiger partial charge in [-0.05, 0) is 0 Å². The summed E-state index contributed by atoms with van der Waals surface area (Å²) in [6.07, 6.45) is -4.69. The maximum atomic E-state index is 12.1. The Morgan fingerprint density at radius 2 is 1.67 bits per heavy atom. The zero-order valence-electron chi connectivity index (χ0n) is 9.82. The molecule has 104 valence electrons. The minimum absolute atomic E-state index is 0.141. The summed E-state index contributed by atoms with van der Waals surface area (Å²) in [7, 11) is 1.23. The predicted molar refractivity (Wildman–Crippen MR) is 53.6 cm³/mol. The van der Waals surface area contributed by atoms with Gasteiger partial charge < -0.3 is 14.9 Å². The van der Waals surface area contributed by atoms with Crippen LogP contribution in [0.15, 0.2) is 0 Å². The van der Waals surface area contributed by atoms with Gasteiger partial charge in [-0.2, -0.15) is 13.2 Å². The second-order valence-corrected chi connectivity index (χ2v) is 3.63. The Labute approximate surface area is 101 Å². The summed E-state index contributed by atoms with van der Waals surface area (Å²) in [5.41, 5.74) is 0. The van der Waals surface area contributed by atoms with Crippen molar-refractivity contribution in [1.29, 1.82) is 0 Å². The van der Waals surface area contributed by atoms with Crippen LogP contribution in [0.3, 0.4) is 0 Å². The average molecular weight is 270 g/mol. The molecule has 9 heteroatoms. The minimum Gasteiger partial charge on any atom is -0.480 e. The zero-order valence-corrected chi connectivity index (χ0v) is 9.82. The quantitative estimate of drug-likeness (QED) is 0.759. The molecule has 0 unspecified atom stereocenters. The van der Waals surface area contributed by atoms with Gasteiger partial charge in [-0.3, -0.25) is 14.4 Å². The van der Waals surface area contributed by atoms with Crippen molar-refractivity contribution >= 4 is 17.8 Å². The van der Waals surface area contributed by atoms with Crippen LogP contribution in [0.4, 0.5) is 13.2 Å². The fourth-order valence-electron chi connectivity index (χ4n) is 1.03. The summed E-state index contributed by atoms with van der Waals surface area (Å²) < 4.78 is 36.4. The van der Waals surface area contributed by atoms with Gasteiger partial charge >= 0.3 is 12.1 Å². The van der Waals surface area contributed by atoms with Crippen molar-refractivity contribution in [2.24, 2.45) is 0 Å².